The molecule has 0 fully saturated rings. The van der Waals surface area contributed by atoms with Crippen LogP contribution in [0, 0.1) is 11.6 Å². The number of hydrogen-bond donors (Lipinski definition) is 2. The van der Waals surface area contributed by atoms with Crippen LogP contribution < -0.4 is 10.6 Å². The van der Waals surface area contributed by atoms with E-state index >= 15 is 0 Å². The Morgan fingerprint density at radius 3 is 2.62 bits per heavy atom. The molecule has 0 aliphatic rings. The van der Waals surface area contributed by atoms with Crippen molar-refractivity contribution in [3.05, 3.63) is 72.4 Å². The van der Waals surface area contributed by atoms with Crippen LogP contribution >= 0.6 is 0 Å². The SMILES string of the molecule is O=C(NCC(c1ccco1)n1cccn1)Nc1c(F)cccc1F. The molecule has 0 spiro atoms. The van der Waals surface area contributed by atoms with E-state index in [9.17, 15) is 13.6 Å². The molecule has 1 atom stereocenters. The molecule has 6 nitrogen and oxygen atoms in total. The molecule has 2 amide bonds. The van der Waals surface area contributed by atoms with Gasteiger partial charge in [0.05, 0.1) is 6.26 Å². The average Bonchev–Trinajstić information content (AvgIpc) is 3.25. The number of carbonyl (C=O) groups excluding carboxylic acids is 1. The molecule has 124 valence electrons. The number of benzene rings is 1. The summed E-state index contributed by atoms with van der Waals surface area (Å²) in [6.07, 6.45) is 4.84. The quantitative estimate of drug-likeness (QED) is 0.754. The van der Waals surface area contributed by atoms with E-state index in [1.54, 1.807) is 35.3 Å². The number of anilines is 1. The molecule has 2 heterocycles. The zero-order chi connectivity index (χ0) is 16.9. The van der Waals surface area contributed by atoms with Crippen LogP contribution in [0.15, 0.2) is 59.5 Å². The van der Waals surface area contributed by atoms with Crippen molar-refractivity contribution in [2.75, 3.05) is 11.9 Å². The molecule has 0 radical (unpaired) electrons. The van der Waals surface area contributed by atoms with Crippen molar-refractivity contribution in [3.8, 4) is 0 Å². The van der Waals surface area contributed by atoms with Crippen LogP contribution in [0.5, 0.6) is 0 Å². The van der Waals surface area contributed by atoms with Crippen molar-refractivity contribution in [3.63, 3.8) is 0 Å². The maximum absolute atomic E-state index is 13.5. The number of amides is 2. The molecule has 3 aromatic rings. The first-order valence-electron chi connectivity index (χ1n) is 7.16. The Hall–Kier alpha value is -3.16. The number of halogens is 2. The first kappa shape index (κ1) is 15.7. The third kappa shape index (κ3) is 3.43. The van der Waals surface area contributed by atoms with Crippen LogP contribution in [0.25, 0.3) is 0 Å². The highest BCUT2D eigenvalue weighted by molar-refractivity contribution is 5.89. The molecule has 0 aliphatic carbocycles. The molecule has 8 heteroatoms. The molecule has 2 N–H and O–H groups in total. The number of nitrogens with one attached hydrogen (secondary N) is 2. The zero-order valence-corrected chi connectivity index (χ0v) is 12.4. The number of hydrogen-bond acceptors (Lipinski definition) is 3. The van der Waals surface area contributed by atoms with Gasteiger partial charge in [-0.2, -0.15) is 5.10 Å². The number of urea groups is 1. The van der Waals surface area contributed by atoms with Crippen molar-refractivity contribution in [1.29, 1.82) is 0 Å². The van der Waals surface area contributed by atoms with Gasteiger partial charge in [-0.15, -0.1) is 0 Å². The predicted molar refractivity (Wildman–Crippen MR) is 82.5 cm³/mol. The van der Waals surface area contributed by atoms with E-state index in [1.165, 1.54) is 12.3 Å². The van der Waals surface area contributed by atoms with Gasteiger partial charge in [0, 0.05) is 18.9 Å². The summed E-state index contributed by atoms with van der Waals surface area (Å²) in [6, 6.07) is 7.45. The Labute approximate surface area is 136 Å². The van der Waals surface area contributed by atoms with Gasteiger partial charge in [-0.25, -0.2) is 13.6 Å². The summed E-state index contributed by atoms with van der Waals surface area (Å²) >= 11 is 0. The Morgan fingerprint density at radius 1 is 1.21 bits per heavy atom. The molecule has 1 aromatic carbocycles. The largest absolute Gasteiger partial charge is 0.467 e. The summed E-state index contributed by atoms with van der Waals surface area (Å²) in [5.74, 6) is -1.10. The third-order valence-corrected chi connectivity index (χ3v) is 3.37. The molecular formula is C16H14F2N4O2. The normalized spacial score (nSPS) is 11.9. The fraction of sp³-hybridized carbons (Fsp3) is 0.125. The molecule has 3 rings (SSSR count). The minimum atomic E-state index is -0.847. The van der Waals surface area contributed by atoms with Crippen molar-refractivity contribution >= 4 is 11.7 Å². The van der Waals surface area contributed by atoms with Gasteiger partial charge in [-0.3, -0.25) is 4.68 Å². The van der Waals surface area contributed by atoms with Gasteiger partial charge in [0.15, 0.2) is 0 Å². The molecule has 0 saturated carbocycles. The maximum Gasteiger partial charge on any atom is 0.319 e. The average molecular weight is 332 g/mol. The summed E-state index contributed by atoms with van der Waals surface area (Å²) in [5.41, 5.74) is -0.497. The van der Waals surface area contributed by atoms with E-state index in [1.807, 2.05) is 0 Å². The molecule has 2 aromatic heterocycles. The van der Waals surface area contributed by atoms with Gasteiger partial charge in [0.2, 0.25) is 0 Å². The van der Waals surface area contributed by atoms with Gasteiger partial charge in [0.1, 0.15) is 29.1 Å². The third-order valence-electron chi connectivity index (χ3n) is 3.37. The monoisotopic (exact) mass is 332 g/mol. The van der Waals surface area contributed by atoms with Gasteiger partial charge in [0.25, 0.3) is 0 Å². The van der Waals surface area contributed by atoms with Crippen molar-refractivity contribution < 1.29 is 18.0 Å². The van der Waals surface area contributed by atoms with E-state index in [0.717, 1.165) is 12.1 Å². The maximum atomic E-state index is 13.5. The summed E-state index contributed by atoms with van der Waals surface area (Å²) in [4.78, 5) is 11.9. The zero-order valence-electron chi connectivity index (χ0n) is 12.4. The number of aromatic nitrogens is 2. The minimum absolute atomic E-state index is 0.122. The lowest BCUT2D eigenvalue weighted by Crippen LogP contribution is -2.35. The van der Waals surface area contributed by atoms with E-state index < -0.39 is 23.4 Å². The topological polar surface area (TPSA) is 72.1 Å². The first-order chi connectivity index (χ1) is 11.6. The molecular weight excluding hydrogens is 318 g/mol. The number of rotatable bonds is 5. The number of carbonyl (C=O) groups is 1. The Bertz CT molecular complexity index is 749. The summed E-state index contributed by atoms with van der Waals surface area (Å²) in [7, 11) is 0. The lowest BCUT2D eigenvalue weighted by molar-refractivity contribution is 0.249. The fourth-order valence-electron chi connectivity index (χ4n) is 2.23. The Balaban J connectivity index is 1.68. The highest BCUT2D eigenvalue weighted by atomic mass is 19.1. The highest BCUT2D eigenvalue weighted by Crippen LogP contribution is 2.19. The van der Waals surface area contributed by atoms with Crippen LogP contribution in [0.2, 0.25) is 0 Å². The van der Waals surface area contributed by atoms with Gasteiger partial charge in [-0.1, -0.05) is 6.07 Å². The van der Waals surface area contributed by atoms with Gasteiger partial charge < -0.3 is 15.1 Å². The van der Waals surface area contributed by atoms with Crippen LogP contribution in [-0.4, -0.2) is 22.4 Å². The first-order valence-corrected chi connectivity index (χ1v) is 7.16. The second-order valence-corrected chi connectivity index (χ2v) is 4.95. The number of para-hydroxylation sites is 1. The van der Waals surface area contributed by atoms with Crippen LogP contribution in [0.1, 0.15) is 11.8 Å². The second-order valence-electron chi connectivity index (χ2n) is 4.95. The second kappa shape index (κ2) is 6.95. The van der Waals surface area contributed by atoms with Crippen molar-refractivity contribution in [2.45, 2.75) is 6.04 Å². The lowest BCUT2D eigenvalue weighted by Gasteiger charge is -2.16. The molecule has 1 unspecified atom stereocenters. The standard InChI is InChI=1S/C16H14F2N4O2/c17-11-4-1-5-12(18)15(11)21-16(23)19-10-13(14-6-2-9-24-14)22-8-3-7-20-22/h1-9,13H,10H2,(H2,19,21,23). The summed E-state index contributed by atoms with van der Waals surface area (Å²) in [6.45, 7) is 0.122. The lowest BCUT2D eigenvalue weighted by atomic mass is 10.2. The summed E-state index contributed by atoms with van der Waals surface area (Å²) < 4.78 is 34.1. The molecule has 0 aliphatic heterocycles. The van der Waals surface area contributed by atoms with Crippen LogP contribution in [-0.2, 0) is 0 Å². The highest BCUT2D eigenvalue weighted by Gasteiger charge is 2.19. The van der Waals surface area contributed by atoms with Crippen molar-refractivity contribution in [1.82, 2.24) is 15.1 Å². The molecule has 24 heavy (non-hydrogen) atoms. The van der Waals surface area contributed by atoms with E-state index in [0.29, 0.717) is 5.76 Å². The number of nitrogens with zero attached hydrogens (tertiary/aromatic N) is 2. The van der Waals surface area contributed by atoms with Crippen LogP contribution in [0.4, 0.5) is 19.3 Å². The number of furan rings is 1. The minimum Gasteiger partial charge on any atom is -0.467 e. The summed E-state index contributed by atoms with van der Waals surface area (Å²) in [5, 5.41) is 8.85. The van der Waals surface area contributed by atoms with E-state index in [-0.39, 0.29) is 12.6 Å². The van der Waals surface area contributed by atoms with E-state index in [4.69, 9.17) is 4.42 Å². The Morgan fingerprint density at radius 2 is 2.00 bits per heavy atom. The van der Waals surface area contributed by atoms with E-state index in [2.05, 4.69) is 15.7 Å². The van der Waals surface area contributed by atoms with Crippen molar-refractivity contribution in [2.24, 2.45) is 0 Å². The van der Waals surface area contributed by atoms with Crippen LogP contribution in [0.3, 0.4) is 0 Å². The molecule has 0 bridgehead atoms. The fourth-order valence-corrected chi connectivity index (χ4v) is 2.23. The van der Waals surface area contributed by atoms with Gasteiger partial charge >= 0.3 is 6.03 Å². The Kier molecular flexibility index (Phi) is 4.55. The van der Waals surface area contributed by atoms with Gasteiger partial charge in [-0.05, 0) is 30.3 Å². The smallest absolute Gasteiger partial charge is 0.319 e. The molecule has 0 saturated heterocycles. The predicted octanol–water partition coefficient (Wildman–Crippen LogP) is 3.17.